The van der Waals surface area contributed by atoms with Crippen molar-refractivity contribution >= 4 is 18.9 Å². The molecule has 1 saturated heterocycles. The SMILES string of the molecule is CC(C)C[C@H](NC(=O)C(CN)NC(=O)c1ccc(Oc2ccccc2)cc1)B1O[C@@H]2C[C@@H]3C[C@@H](C3(C)C)[C@]2(C)O1. The Morgan fingerprint density at radius 3 is 2.33 bits per heavy atom. The molecule has 214 valence electrons. The number of hydrogen-bond donors (Lipinski definition) is 3. The molecule has 4 N–H and O–H groups in total. The maximum Gasteiger partial charge on any atom is 0.481 e. The molecule has 9 heteroatoms. The van der Waals surface area contributed by atoms with Crippen molar-refractivity contribution in [2.24, 2.45) is 28.9 Å². The molecule has 4 aliphatic rings. The molecule has 1 unspecified atom stereocenters. The smallest absolute Gasteiger partial charge is 0.457 e. The topological polar surface area (TPSA) is 112 Å². The first-order valence-corrected chi connectivity index (χ1v) is 14.5. The van der Waals surface area contributed by atoms with E-state index >= 15 is 0 Å². The molecule has 2 aromatic rings. The van der Waals surface area contributed by atoms with E-state index in [1.54, 1.807) is 24.3 Å². The Balaban J connectivity index is 1.21. The zero-order valence-electron chi connectivity index (χ0n) is 24.2. The number of ether oxygens (including phenoxy) is 1. The highest BCUT2D eigenvalue weighted by Crippen LogP contribution is 2.65. The van der Waals surface area contributed by atoms with Crippen LogP contribution in [-0.2, 0) is 14.1 Å². The summed E-state index contributed by atoms with van der Waals surface area (Å²) in [5.74, 6) is 1.63. The highest BCUT2D eigenvalue weighted by atomic mass is 16.7. The molecule has 1 heterocycles. The number of hydrogen-bond acceptors (Lipinski definition) is 6. The maximum atomic E-state index is 13.4. The van der Waals surface area contributed by atoms with E-state index in [0.717, 1.165) is 12.8 Å². The second-order valence-electron chi connectivity index (χ2n) is 12.8. The molecule has 4 fully saturated rings. The molecule has 3 aliphatic carbocycles. The lowest BCUT2D eigenvalue weighted by molar-refractivity contribution is -0.199. The van der Waals surface area contributed by atoms with Gasteiger partial charge in [0.1, 0.15) is 17.5 Å². The van der Waals surface area contributed by atoms with Gasteiger partial charge in [-0.05, 0) is 85.8 Å². The molecule has 1 aliphatic heterocycles. The third-order valence-corrected chi connectivity index (χ3v) is 9.30. The number of benzene rings is 2. The Bertz CT molecular complexity index is 1210. The van der Waals surface area contributed by atoms with Crippen molar-refractivity contribution in [1.82, 2.24) is 10.6 Å². The Kier molecular flexibility index (Phi) is 8.01. The fraction of sp³-hybridized carbons (Fsp3) is 0.548. The minimum Gasteiger partial charge on any atom is -0.457 e. The van der Waals surface area contributed by atoms with Gasteiger partial charge in [-0.25, -0.2) is 0 Å². The van der Waals surface area contributed by atoms with Crippen molar-refractivity contribution in [3.63, 3.8) is 0 Å². The number of para-hydroxylation sites is 1. The Labute approximate surface area is 237 Å². The average Bonchev–Trinajstić information content (AvgIpc) is 3.29. The van der Waals surface area contributed by atoms with E-state index in [9.17, 15) is 9.59 Å². The fourth-order valence-electron chi connectivity index (χ4n) is 6.87. The lowest BCUT2D eigenvalue weighted by atomic mass is 9.43. The second-order valence-corrected chi connectivity index (χ2v) is 12.8. The number of amides is 2. The van der Waals surface area contributed by atoms with Gasteiger partial charge < -0.3 is 30.4 Å². The second kappa shape index (κ2) is 11.2. The number of nitrogens with two attached hydrogens (primary N) is 1. The van der Waals surface area contributed by atoms with Crippen LogP contribution in [0.4, 0.5) is 0 Å². The number of nitrogens with one attached hydrogen (secondary N) is 2. The summed E-state index contributed by atoms with van der Waals surface area (Å²) in [4.78, 5) is 26.4. The van der Waals surface area contributed by atoms with E-state index in [4.69, 9.17) is 19.8 Å². The van der Waals surface area contributed by atoms with Gasteiger partial charge in [0, 0.05) is 12.1 Å². The van der Waals surface area contributed by atoms with Crippen LogP contribution >= 0.6 is 0 Å². The van der Waals surface area contributed by atoms with Crippen molar-refractivity contribution in [2.45, 2.75) is 77.6 Å². The van der Waals surface area contributed by atoms with Gasteiger partial charge in [-0.1, -0.05) is 45.9 Å². The van der Waals surface area contributed by atoms with E-state index < -0.39 is 13.2 Å². The van der Waals surface area contributed by atoms with E-state index in [2.05, 4.69) is 45.3 Å². The van der Waals surface area contributed by atoms with Crippen molar-refractivity contribution in [1.29, 1.82) is 0 Å². The third kappa shape index (κ3) is 5.51. The molecule has 2 amide bonds. The first kappa shape index (κ1) is 28.6. The molecular weight excluding hydrogens is 505 g/mol. The molecule has 2 aromatic carbocycles. The number of carbonyl (C=O) groups excluding carboxylic acids is 2. The highest BCUT2D eigenvalue weighted by molar-refractivity contribution is 6.48. The van der Waals surface area contributed by atoms with E-state index in [1.807, 2.05) is 30.3 Å². The van der Waals surface area contributed by atoms with Crippen LogP contribution in [-0.4, -0.2) is 49.2 Å². The molecule has 3 saturated carbocycles. The van der Waals surface area contributed by atoms with Crippen LogP contribution in [0.1, 0.15) is 64.2 Å². The summed E-state index contributed by atoms with van der Waals surface area (Å²) < 4.78 is 18.9. The zero-order valence-corrected chi connectivity index (χ0v) is 24.2. The Hall–Kier alpha value is -2.88. The minimum atomic E-state index is -0.895. The summed E-state index contributed by atoms with van der Waals surface area (Å²) in [5, 5.41) is 5.89. The first-order chi connectivity index (χ1) is 19.0. The Morgan fingerprint density at radius 2 is 1.70 bits per heavy atom. The van der Waals surface area contributed by atoms with Gasteiger partial charge in [-0.15, -0.1) is 0 Å². The average molecular weight is 548 g/mol. The normalized spacial score (nSPS) is 27.8. The lowest BCUT2D eigenvalue weighted by Crippen LogP contribution is -2.65. The van der Waals surface area contributed by atoms with Crippen molar-refractivity contribution in [3.8, 4) is 11.5 Å². The molecule has 6 atom stereocenters. The van der Waals surface area contributed by atoms with E-state index in [-0.39, 0.29) is 41.4 Å². The van der Waals surface area contributed by atoms with Gasteiger partial charge >= 0.3 is 7.12 Å². The van der Waals surface area contributed by atoms with Crippen LogP contribution in [0.25, 0.3) is 0 Å². The van der Waals surface area contributed by atoms with E-state index in [0.29, 0.717) is 41.2 Å². The number of rotatable bonds is 10. The Morgan fingerprint density at radius 1 is 1.02 bits per heavy atom. The summed E-state index contributed by atoms with van der Waals surface area (Å²) in [6.07, 6.45) is 2.86. The standard InChI is InChI=1S/C31H42BN3O5/c1-19(2)15-27(32-39-26-17-21-16-25(30(21,3)4)31(26,5)40-32)35-29(37)24(18-33)34-28(36)20-11-13-23(14-12-20)38-22-9-7-6-8-10-22/h6-14,19,21,24-27H,15-18,33H2,1-5H3,(H,34,36)(H,35,37)/t21-,24?,25-,26+,27-,31-/m0/s1. The highest BCUT2D eigenvalue weighted by Gasteiger charge is 2.68. The molecule has 0 spiro atoms. The molecule has 8 nitrogen and oxygen atoms in total. The zero-order chi connectivity index (χ0) is 28.7. The monoisotopic (exact) mass is 547 g/mol. The summed E-state index contributed by atoms with van der Waals surface area (Å²) in [6, 6.07) is 15.3. The maximum absolute atomic E-state index is 13.4. The minimum absolute atomic E-state index is 0.0275. The van der Waals surface area contributed by atoms with Crippen molar-refractivity contribution < 1.29 is 23.6 Å². The van der Waals surface area contributed by atoms with Crippen LogP contribution in [0.15, 0.2) is 54.6 Å². The molecule has 6 rings (SSSR count). The van der Waals surface area contributed by atoms with Crippen LogP contribution in [0.2, 0.25) is 0 Å². The van der Waals surface area contributed by atoms with Gasteiger partial charge in [-0.3, -0.25) is 9.59 Å². The van der Waals surface area contributed by atoms with Gasteiger partial charge in [0.15, 0.2) is 0 Å². The molecule has 0 radical (unpaired) electrons. The van der Waals surface area contributed by atoms with Gasteiger partial charge in [0.25, 0.3) is 5.91 Å². The van der Waals surface area contributed by atoms with Crippen LogP contribution in [0, 0.1) is 23.2 Å². The van der Waals surface area contributed by atoms with Gasteiger partial charge in [0.2, 0.25) is 5.91 Å². The molecule has 0 aromatic heterocycles. The summed E-state index contributed by atoms with van der Waals surface area (Å²) in [5.41, 5.74) is 6.24. The largest absolute Gasteiger partial charge is 0.481 e. The molecular formula is C31H42BN3O5. The van der Waals surface area contributed by atoms with Crippen LogP contribution < -0.4 is 21.1 Å². The third-order valence-electron chi connectivity index (χ3n) is 9.30. The summed E-state index contributed by atoms with van der Waals surface area (Å²) in [6.45, 7) is 11.0. The van der Waals surface area contributed by atoms with Crippen LogP contribution in [0.5, 0.6) is 11.5 Å². The van der Waals surface area contributed by atoms with E-state index in [1.165, 1.54) is 0 Å². The fourth-order valence-corrected chi connectivity index (χ4v) is 6.87. The first-order valence-electron chi connectivity index (χ1n) is 14.5. The van der Waals surface area contributed by atoms with Crippen molar-refractivity contribution in [3.05, 3.63) is 60.2 Å². The van der Waals surface area contributed by atoms with Gasteiger partial charge in [-0.2, -0.15) is 0 Å². The quantitative estimate of drug-likeness (QED) is 0.382. The lowest BCUT2D eigenvalue weighted by Gasteiger charge is -2.64. The predicted molar refractivity (Wildman–Crippen MR) is 155 cm³/mol. The van der Waals surface area contributed by atoms with Gasteiger partial charge in [0.05, 0.1) is 17.6 Å². The molecule has 40 heavy (non-hydrogen) atoms. The van der Waals surface area contributed by atoms with Crippen LogP contribution in [0.3, 0.4) is 0 Å². The predicted octanol–water partition coefficient (Wildman–Crippen LogP) is 4.33. The number of carbonyl (C=O) groups is 2. The summed E-state index contributed by atoms with van der Waals surface area (Å²) >= 11 is 0. The van der Waals surface area contributed by atoms with Crippen molar-refractivity contribution in [2.75, 3.05) is 6.54 Å². The molecule has 2 bridgehead atoms. The summed E-state index contributed by atoms with van der Waals surface area (Å²) in [7, 11) is -0.539.